The van der Waals surface area contributed by atoms with Gasteiger partial charge in [0.05, 0.1) is 5.69 Å². The number of hydrogen-bond acceptors (Lipinski definition) is 4. The van der Waals surface area contributed by atoms with E-state index < -0.39 is 0 Å². The Hall–Kier alpha value is -1.84. The van der Waals surface area contributed by atoms with Gasteiger partial charge in [0.2, 0.25) is 5.75 Å². The molecule has 1 N–H and O–H groups in total. The molecule has 0 aromatic heterocycles. The molecule has 0 spiro atoms. The lowest BCUT2D eigenvalue weighted by molar-refractivity contribution is 0.319. The fourth-order valence-electron chi connectivity index (χ4n) is 1.41. The zero-order valence-electron chi connectivity index (χ0n) is 6.74. The van der Waals surface area contributed by atoms with Gasteiger partial charge in [0.15, 0.2) is 18.2 Å². The van der Waals surface area contributed by atoms with Crippen LogP contribution >= 0.6 is 0 Å². The number of fused-ring (bicyclic) bond motifs is 3. The fourth-order valence-corrected chi connectivity index (χ4v) is 1.41. The fraction of sp³-hybridized carbons (Fsp3) is 0.111. The second-order valence-electron chi connectivity index (χ2n) is 2.74. The van der Waals surface area contributed by atoms with Gasteiger partial charge in [-0.3, -0.25) is 0 Å². The van der Waals surface area contributed by atoms with Gasteiger partial charge in [-0.15, -0.1) is 0 Å². The second kappa shape index (κ2) is 2.32. The van der Waals surface area contributed by atoms with Gasteiger partial charge in [-0.2, -0.15) is 0 Å². The van der Waals surface area contributed by atoms with Crippen LogP contribution in [-0.4, -0.2) is 6.73 Å². The van der Waals surface area contributed by atoms with E-state index in [4.69, 9.17) is 14.2 Å². The summed E-state index contributed by atoms with van der Waals surface area (Å²) in [6, 6.07) is 3.75. The van der Waals surface area contributed by atoms with Crippen LogP contribution in [0.25, 0.3) is 0 Å². The van der Waals surface area contributed by atoms with Crippen LogP contribution in [0.2, 0.25) is 0 Å². The van der Waals surface area contributed by atoms with E-state index in [-0.39, 0.29) is 0 Å². The quantitative estimate of drug-likeness (QED) is 0.654. The van der Waals surface area contributed by atoms with Crippen molar-refractivity contribution >= 4 is 5.69 Å². The van der Waals surface area contributed by atoms with E-state index >= 15 is 0 Å². The summed E-state index contributed by atoms with van der Waals surface area (Å²) in [5, 5.41) is 3.07. The number of benzene rings is 1. The summed E-state index contributed by atoms with van der Waals surface area (Å²) >= 11 is 0. The highest BCUT2D eigenvalue weighted by Crippen LogP contribution is 2.46. The molecule has 0 fully saturated rings. The summed E-state index contributed by atoms with van der Waals surface area (Å²) in [4.78, 5) is 0. The SMILES string of the molecule is C1=COc2c(ccc3c2OCN3)O1. The van der Waals surface area contributed by atoms with Crippen molar-refractivity contribution in [1.29, 1.82) is 0 Å². The van der Waals surface area contributed by atoms with Crippen LogP contribution in [0.15, 0.2) is 24.7 Å². The molecule has 4 heteroatoms. The van der Waals surface area contributed by atoms with Crippen LogP contribution in [0.4, 0.5) is 5.69 Å². The minimum atomic E-state index is 0.485. The number of rotatable bonds is 0. The molecule has 66 valence electrons. The van der Waals surface area contributed by atoms with E-state index in [1.54, 1.807) is 0 Å². The summed E-state index contributed by atoms with van der Waals surface area (Å²) in [6.45, 7) is 0.485. The Balaban J connectivity index is 2.20. The Morgan fingerprint density at radius 1 is 1.08 bits per heavy atom. The van der Waals surface area contributed by atoms with E-state index in [1.807, 2.05) is 12.1 Å². The minimum absolute atomic E-state index is 0.485. The first kappa shape index (κ1) is 6.65. The topological polar surface area (TPSA) is 39.7 Å². The predicted molar refractivity (Wildman–Crippen MR) is 46.0 cm³/mol. The van der Waals surface area contributed by atoms with Gasteiger partial charge in [0.1, 0.15) is 12.5 Å². The molecule has 0 atom stereocenters. The van der Waals surface area contributed by atoms with Gasteiger partial charge in [-0.1, -0.05) is 0 Å². The van der Waals surface area contributed by atoms with Crippen molar-refractivity contribution in [2.24, 2.45) is 0 Å². The maximum atomic E-state index is 5.35. The molecule has 2 aliphatic rings. The van der Waals surface area contributed by atoms with Crippen LogP contribution in [0, 0.1) is 0 Å². The van der Waals surface area contributed by atoms with E-state index in [0.29, 0.717) is 18.2 Å². The first-order valence-electron chi connectivity index (χ1n) is 3.97. The molecule has 0 amide bonds. The minimum Gasteiger partial charge on any atom is -0.467 e. The van der Waals surface area contributed by atoms with Crippen molar-refractivity contribution in [2.45, 2.75) is 0 Å². The maximum Gasteiger partial charge on any atom is 0.213 e. The van der Waals surface area contributed by atoms with Crippen LogP contribution < -0.4 is 19.5 Å². The van der Waals surface area contributed by atoms with Crippen molar-refractivity contribution in [2.75, 3.05) is 12.0 Å². The Bertz CT molecular complexity index is 387. The molecular weight excluding hydrogens is 170 g/mol. The molecule has 0 saturated carbocycles. The van der Waals surface area contributed by atoms with Gasteiger partial charge in [0, 0.05) is 0 Å². The Morgan fingerprint density at radius 2 is 2.00 bits per heavy atom. The summed E-state index contributed by atoms with van der Waals surface area (Å²) in [5.41, 5.74) is 0.942. The van der Waals surface area contributed by atoms with Crippen molar-refractivity contribution in [3.05, 3.63) is 24.7 Å². The summed E-state index contributed by atoms with van der Waals surface area (Å²) in [7, 11) is 0. The Morgan fingerprint density at radius 3 is 3.00 bits per heavy atom. The third-order valence-corrected chi connectivity index (χ3v) is 1.99. The number of ether oxygens (including phenoxy) is 3. The standard InChI is InChI=1S/C9H7NO3/c1-2-7-9(12-4-3-11-7)8-6(1)10-5-13-8/h1-4,10H,5H2. The lowest BCUT2D eigenvalue weighted by Crippen LogP contribution is -1.98. The molecule has 0 aliphatic carbocycles. The molecule has 1 aromatic rings. The van der Waals surface area contributed by atoms with E-state index in [0.717, 1.165) is 11.4 Å². The molecule has 0 radical (unpaired) electrons. The Kier molecular flexibility index (Phi) is 1.19. The first-order valence-corrected chi connectivity index (χ1v) is 3.97. The van der Waals surface area contributed by atoms with E-state index in [9.17, 15) is 0 Å². The average molecular weight is 177 g/mol. The van der Waals surface area contributed by atoms with E-state index in [2.05, 4.69) is 5.32 Å². The lowest BCUT2D eigenvalue weighted by atomic mass is 10.2. The Labute approximate surface area is 74.7 Å². The summed E-state index contributed by atoms with van der Waals surface area (Å²) < 4.78 is 15.9. The second-order valence-corrected chi connectivity index (χ2v) is 2.74. The van der Waals surface area contributed by atoms with Crippen LogP contribution in [0.5, 0.6) is 17.2 Å². The normalized spacial score (nSPS) is 16.0. The van der Waals surface area contributed by atoms with Crippen molar-refractivity contribution in [3.63, 3.8) is 0 Å². The molecule has 13 heavy (non-hydrogen) atoms. The highest BCUT2D eigenvalue weighted by molar-refractivity contribution is 5.70. The highest BCUT2D eigenvalue weighted by atomic mass is 16.6. The summed E-state index contributed by atoms with van der Waals surface area (Å²) in [5.74, 6) is 2.05. The summed E-state index contributed by atoms with van der Waals surface area (Å²) in [6.07, 6.45) is 2.99. The zero-order valence-corrected chi connectivity index (χ0v) is 6.74. The number of hydrogen-bond donors (Lipinski definition) is 1. The molecular formula is C9H7NO3. The van der Waals surface area contributed by atoms with Crippen LogP contribution in [0.3, 0.4) is 0 Å². The van der Waals surface area contributed by atoms with Gasteiger partial charge in [0.25, 0.3) is 0 Å². The lowest BCUT2D eigenvalue weighted by Gasteiger charge is -2.13. The highest BCUT2D eigenvalue weighted by Gasteiger charge is 2.22. The smallest absolute Gasteiger partial charge is 0.213 e. The monoisotopic (exact) mass is 177 g/mol. The molecule has 2 aliphatic heterocycles. The molecule has 4 nitrogen and oxygen atoms in total. The molecule has 0 saturated heterocycles. The van der Waals surface area contributed by atoms with Crippen molar-refractivity contribution in [1.82, 2.24) is 0 Å². The molecule has 1 aromatic carbocycles. The van der Waals surface area contributed by atoms with Gasteiger partial charge < -0.3 is 19.5 Å². The van der Waals surface area contributed by atoms with Crippen LogP contribution in [0.1, 0.15) is 0 Å². The average Bonchev–Trinajstić information content (AvgIpc) is 2.65. The zero-order chi connectivity index (χ0) is 8.67. The largest absolute Gasteiger partial charge is 0.467 e. The predicted octanol–water partition coefficient (Wildman–Crippen LogP) is 1.69. The number of nitrogens with one attached hydrogen (secondary N) is 1. The molecule has 3 rings (SSSR count). The maximum absolute atomic E-state index is 5.35. The van der Waals surface area contributed by atoms with Gasteiger partial charge in [-0.05, 0) is 12.1 Å². The third kappa shape index (κ3) is 0.853. The first-order chi connectivity index (χ1) is 6.45. The number of anilines is 1. The third-order valence-electron chi connectivity index (χ3n) is 1.99. The van der Waals surface area contributed by atoms with E-state index in [1.165, 1.54) is 12.5 Å². The molecule has 2 heterocycles. The van der Waals surface area contributed by atoms with Crippen molar-refractivity contribution < 1.29 is 14.2 Å². The molecule has 0 bridgehead atoms. The molecule has 0 unspecified atom stereocenters. The van der Waals surface area contributed by atoms with Crippen LogP contribution in [-0.2, 0) is 0 Å². The van der Waals surface area contributed by atoms with Gasteiger partial charge in [-0.25, -0.2) is 0 Å². The van der Waals surface area contributed by atoms with Crippen molar-refractivity contribution in [3.8, 4) is 17.2 Å². The van der Waals surface area contributed by atoms with Gasteiger partial charge >= 0.3 is 0 Å².